The van der Waals surface area contributed by atoms with Gasteiger partial charge in [-0.25, -0.2) is 4.98 Å². The number of benzene rings is 1. The zero-order chi connectivity index (χ0) is 14.8. The molecular weight excluding hydrogens is 305 g/mol. The van der Waals surface area contributed by atoms with Crippen molar-refractivity contribution in [2.45, 2.75) is 45.1 Å². The van der Waals surface area contributed by atoms with Crippen LogP contribution in [0.5, 0.6) is 0 Å². The standard InChI is InChI=1S/C16H19Cl2N3/c1-11-10-21(15-5-3-2-4-6-15)16(19-11)20-14-8-12(17)7-13(18)9-14/h7-10,15H,2-6H2,1H3,(H,19,20). The summed E-state index contributed by atoms with van der Waals surface area (Å²) in [5, 5.41) is 4.60. The first-order chi connectivity index (χ1) is 10.1. The Morgan fingerprint density at radius 3 is 2.43 bits per heavy atom. The maximum Gasteiger partial charge on any atom is 0.207 e. The zero-order valence-electron chi connectivity index (χ0n) is 12.1. The van der Waals surface area contributed by atoms with E-state index < -0.39 is 0 Å². The van der Waals surface area contributed by atoms with Gasteiger partial charge in [0.2, 0.25) is 5.95 Å². The highest BCUT2D eigenvalue weighted by molar-refractivity contribution is 6.35. The van der Waals surface area contributed by atoms with E-state index >= 15 is 0 Å². The first-order valence-electron chi connectivity index (χ1n) is 7.40. The molecule has 0 aliphatic heterocycles. The molecule has 2 aromatic rings. The number of hydrogen-bond donors (Lipinski definition) is 1. The van der Waals surface area contributed by atoms with E-state index in [0.717, 1.165) is 17.3 Å². The lowest BCUT2D eigenvalue weighted by molar-refractivity contribution is 0.356. The SMILES string of the molecule is Cc1cn(C2CCCCC2)c(Nc2cc(Cl)cc(Cl)c2)n1. The van der Waals surface area contributed by atoms with Gasteiger partial charge in [-0.2, -0.15) is 0 Å². The summed E-state index contributed by atoms with van der Waals surface area (Å²) in [4.78, 5) is 4.61. The lowest BCUT2D eigenvalue weighted by Gasteiger charge is -2.24. The minimum absolute atomic E-state index is 0.539. The number of hydrogen-bond acceptors (Lipinski definition) is 2. The Morgan fingerprint density at radius 2 is 1.76 bits per heavy atom. The normalized spacial score (nSPS) is 16.1. The number of anilines is 2. The Morgan fingerprint density at radius 1 is 1.10 bits per heavy atom. The fourth-order valence-corrected chi connectivity index (χ4v) is 3.53. The van der Waals surface area contributed by atoms with Crippen molar-refractivity contribution in [3.8, 4) is 0 Å². The molecule has 0 spiro atoms. The quantitative estimate of drug-likeness (QED) is 0.779. The molecule has 0 radical (unpaired) electrons. The molecule has 1 aromatic heterocycles. The molecule has 0 amide bonds. The van der Waals surface area contributed by atoms with E-state index in [4.69, 9.17) is 23.2 Å². The van der Waals surface area contributed by atoms with Gasteiger partial charge in [-0.1, -0.05) is 42.5 Å². The number of halogens is 2. The fraction of sp³-hybridized carbons (Fsp3) is 0.438. The number of aryl methyl sites for hydroxylation is 1. The zero-order valence-corrected chi connectivity index (χ0v) is 13.6. The monoisotopic (exact) mass is 323 g/mol. The third-order valence-corrected chi connectivity index (χ3v) is 4.38. The highest BCUT2D eigenvalue weighted by Crippen LogP contribution is 2.32. The summed E-state index contributed by atoms with van der Waals surface area (Å²) >= 11 is 12.1. The van der Waals surface area contributed by atoms with Crippen molar-refractivity contribution < 1.29 is 0 Å². The third kappa shape index (κ3) is 3.53. The minimum Gasteiger partial charge on any atom is -0.325 e. The summed E-state index contributed by atoms with van der Waals surface area (Å²) in [7, 11) is 0. The Bertz CT molecular complexity index is 610. The van der Waals surface area contributed by atoms with Crippen molar-refractivity contribution >= 4 is 34.8 Å². The Labute approximate surface area is 135 Å². The molecule has 112 valence electrons. The first kappa shape index (κ1) is 14.7. The molecule has 0 bridgehead atoms. The van der Waals surface area contributed by atoms with Crippen molar-refractivity contribution in [2.75, 3.05) is 5.32 Å². The van der Waals surface area contributed by atoms with Crippen LogP contribution in [0.2, 0.25) is 10.0 Å². The van der Waals surface area contributed by atoms with Crippen LogP contribution in [0.25, 0.3) is 0 Å². The third-order valence-electron chi connectivity index (χ3n) is 3.94. The second kappa shape index (κ2) is 6.29. The molecule has 1 heterocycles. The molecule has 0 saturated heterocycles. The number of nitrogens with one attached hydrogen (secondary N) is 1. The number of imidazole rings is 1. The second-order valence-corrected chi connectivity index (χ2v) is 6.56. The molecule has 1 aliphatic rings. The highest BCUT2D eigenvalue weighted by atomic mass is 35.5. The van der Waals surface area contributed by atoms with Crippen LogP contribution in [0.1, 0.15) is 43.8 Å². The lowest BCUT2D eigenvalue weighted by Crippen LogP contribution is -2.14. The van der Waals surface area contributed by atoms with Crippen molar-refractivity contribution in [1.29, 1.82) is 0 Å². The number of nitrogens with zero attached hydrogens (tertiary/aromatic N) is 2. The second-order valence-electron chi connectivity index (χ2n) is 5.69. The van der Waals surface area contributed by atoms with Crippen LogP contribution in [-0.2, 0) is 0 Å². The van der Waals surface area contributed by atoms with Crippen LogP contribution in [0.4, 0.5) is 11.6 Å². The van der Waals surface area contributed by atoms with Crippen molar-refractivity contribution in [1.82, 2.24) is 9.55 Å². The molecule has 1 aromatic carbocycles. The van der Waals surface area contributed by atoms with Gasteiger partial charge in [-0.15, -0.1) is 0 Å². The van der Waals surface area contributed by atoms with Crippen LogP contribution in [0, 0.1) is 6.92 Å². The van der Waals surface area contributed by atoms with Crippen LogP contribution >= 0.6 is 23.2 Å². The smallest absolute Gasteiger partial charge is 0.207 e. The van der Waals surface area contributed by atoms with Crippen molar-refractivity contribution in [3.63, 3.8) is 0 Å². The largest absolute Gasteiger partial charge is 0.325 e. The lowest BCUT2D eigenvalue weighted by atomic mass is 9.95. The van der Waals surface area contributed by atoms with Crippen molar-refractivity contribution in [3.05, 3.63) is 40.1 Å². The van der Waals surface area contributed by atoms with Crippen LogP contribution in [0.15, 0.2) is 24.4 Å². The Balaban J connectivity index is 1.87. The van der Waals surface area contributed by atoms with Gasteiger partial charge in [0.05, 0.1) is 5.69 Å². The number of aromatic nitrogens is 2. The van der Waals surface area contributed by atoms with E-state index in [1.54, 1.807) is 6.07 Å². The molecule has 1 aliphatic carbocycles. The Hall–Kier alpha value is -1.19. The van der Waals surface area contributed by atoms with E-state index in [1.165, 1.54) is 32.1 Å². The average Bonchev–Trinajstić information content (AvgIpc) is 2.79. The van der Waals surface area contributed by atoms with E-state index in [9.17, 15) is 0 Å². The van der Waals surface area contributed by atoms with Gasteiger partial charge in [0.1, 0.15) is 0 Å². The predicted octanol–water partition coefficient (Wildman–Crippen LogP) is 5.75. The summed E-state index contributed by atoms with van der Waals surface area (Å²) < 4.78 is 2.27. The van der Waals surface area contributed by atoms with Gasteiger partial charge in [0.25, 0.3) is 0 Å². The van der Waals surface area contributed by atoms with Gasteiger partial charge in [-0.05, 0) is 38.0 Å². The Kier molecular flexibility index (Phi) is 4.41. The molecule has 3 nitrogen and oxygen atoms in total. The topological polar surface area (TPSA) is 29.9 Å². The summed E-state index contributed by atoms with van der Waals surface area (Å²) in [6.45, 7) is 2.02. The van der Waals surface area contributed by atoms with Gasteiger partial charge in [-0.3, -0.25) is 0 Å². The molecule has 1 N–H and O–H groups in total. The molecule has 1 fully saturated rings. The molecular formula is C16H19Cl2N3. The van der Waals surface area contributed by atoms with E-state index in [1.807, 2.05) is 19.1 Å². The number of rotatable bonds is 3. The van der Waals surface area contributed by atoms with E-state index in [0.29, 0.717) is 16.1 Å². The molecule has 3 rings (SSSR count). The van der Waals surface area contributed by atoms with Gasteiger partial charge in [0, 0.05) is 28.0 Å². The summed E-state index contributed by atoms with van der Waals surface area (Å²) in [5.41, 5.74) is 1.89. The van der Waals surface area contributed by atoms with Crippen molar-refractivity contribution in [2.24, 2.45) is 0 Å². The molecule has 5 heteroatoms. The summed E-state index contributed by atoms with van der Waals surface area (Å²) in [6.07, 6.45) is 8.51. The van der Waals surface area contributed by atoms with E-state index in [-0.39, 0.29) is 0 Å². The van der Waals surface area contributed by atoms with Crippen LogP contribution in [0.3, 0.4) is 0 Å². The minimum atomic E-state index is 0.539. The molecule has 0 atom stereocenters. The average molecular weight is 324 g/mol. The fourth-order valence-electron chi connectivity index (χ4n) is 3.00. The summed E-state index contributed by atoms with van der Waals surface area (Å²) in [5.74, 6) is 0.873. The highest BCUT2D eigenvalue weighted by Gasteiger charge is 2.19. The van der Waals surface area contributed by atoms with Gasteiger partial charge in [0.15, 0.2) is 0 Å². The summed E-state index contributed by atoms with van der Waals surface area (Å²) in [6, 6.07) is 6.00. The van der Waals surface area contributed by atoms with E-state index in [2.05, 4.69) is 21.1 Å². The van der Waals surface area contributed by atoms with Gasteiger partial charge >= 0.3 is 0 Å². The molecule has 21 heavy (non-hydrogen) atoms. The molecule has 0 unspecified atom stereocenters. The van der Waals surface area contributed by atoms with Crippen LogP contribution < -0.4 is 5.32 Å². The maximum atomic E-state index is 6.06. The predicted molar refractivity (Wildman–Crippen MR) is 88.8 cm³/mol. The van der Waals surface area contributed by atoms with Gasteiger partial charge < -0.3 is 9.88 Å². The maximum absolute atomic E-state index is 6.06. The first-order valence-corrected chi connectivity index (χ1v) is 8.16. The van der Waals surface area contributed by atoms with Crippen LogP contribution in [-0.4, -0.2) is 9.55 Å². The molecule has 1 saturated carbocycles.